The van der Waals surface area contributed by atoms with Crippen molar-refractivity contribution in [1.82, 2.24) is 0 Å². The van der Waals surface area contributed by atoms with Crippen LogP contribution in [0, 0.1) is 0 Å². The van der Waals surface area contributed by atoms with Crippen LogP contribution in [0.1, 0.15) is 0 Å². The molecule has 3 heteroatoms. The van der Waals surface area contributed by atoms with E-state index in [2.05, 4.69) is 0 Å². The molecule has 47 valence electrons. The zero-order valence-corrected chi connectivity index (χ0v) is 6.61. The summed E-state index contributed by atoms with van der Waals surface area (Å²) in [6.45, 7) is 0. The number of halogens is 2. The fraction of sp³-hybridized carbons (Fsp3) is 0. The summed E-state index contributed by atoms with van der Waals surface area (Å²) in [5.74, 6) is 0. The first-order chi connectivity index (χ1) is 3.91. The summed E-state index contributed by atoms with van der Waals surface area (Å²) in [5, 5.41) is 0. The molecule has 0 N–H and O–H groups in total. The Kier molecular flexibility index (Phi) is 7.87. The van der Waals surface area contributed by atoms with Crippen LogP contribution in [0.5, 0.6) is 0 Å². The van der Waals surface area contributed by atoms with Crippen LogP contribution in [-0.2, 0) is 13.1 Å². The molecule has 1 rings (SSSR count). The Bertz CT molecular complexity index is 77.3. The summed E-state index contributed by atoms with van der Waals surface area (Å²) < 4.78 is 0. The first-order valence-electron chi connectivity index (χ1n) is 1.93. The Morgan fingerprint density at radius 3 is 1.62 bits per heavy atom. The van der Waals surface area contributed by atoms with Crippen molar-refractivity contribution in [2.75, 3.05) is 0 Å². The molecule has 0 bridgehead atoms. The van der Waals surface area contributed by atoms with Gasteiger partial charge in [-0.25, -0.2) is 12.1 Å². The maximum absolute atomic E-state index is 4.76. The van der Waals surface area contributed by atoms with Crippen molar-refractivity contribution in [3.63, 3.8) is 0 Å². The van der Waals surface area contributed by atoms with Gasteiger partial charge in [-0.1, -0.05) is 0 Å². The molecule has 0 aliphatic carbocycles. The van der Waals surface area contributed by atoms with Gasteiger partial charge in [0.15, 0.2) is 0 Å². The van der Waals surface area contributed by atoms with Gasteiger partial charge in [-0.3, -0.25) is 0 Å². The Morgan fingerprint density at radius 1 is 1.12 bits per heavy atom. The molecule has 0 atom stereocenters. The van der Waals surface area contributed by atoms with Crippen LogP contribution in [-0.4, -0.2) is 0 Å². The van der Waals surface area contributed by atoms with Crippen molar-refractivity contribution >= 4 is 20.2 Å². The minimum Gasteiger partial charge on any atom is -0.214 e. The molecule has 0 unspecified atom stereocenters. The smallest absolute Gasteiger partial charge is 0.172 e. The minimum atomic E-state index is 0.194. The quantitative estimate of drug-likeness (QED) is 0.437. The molecular weight excluding hydrogens is 187 g/mol. The molecular formula is C5H5Cl2Fe. The van der Waals surface area contributed by atoms with Crippen LogP contribution >= 0.6 is 20.2 Å². The first kappa shape index (κ1) is 8.45. The zero-order chi connectivity index (χ0) is 6.24. The van der Waals surface area contributed by atoms with Crippen LogP contribution in [0.2, 0.25) is 0 Å². The summed E-state index contributed by atoms with van der Waals surface area (Å²) in [4.78, 5) is 0. The topological polar surface area (TPSA) is 0 Å². The molecule has 1 aromatic rings. The van der Waals surface area contributed by atoms with Crippen molar-refractivity contribution < 1.29 is 13.1 Å². The predicted molar refractivity (Wildman–Crippen MR) is 33.7 cm³/mol. The van der Waals surface area contributed by atoms with Gasteiger partial charge in [0.1, 0.15) is 0 Å². The molecule has 0 saturated carbocycles. The van der Waals surface area contributed by atoms with E-state index in [0.29, 0.717) is 0 Å². The zero-order valence-electron chi connectivity index (χ0n) is 4.00. The molecule has 0 heterocycles. The minimum absolute atomic E-state index is 0.194. The SMILES string of the molecule is [Cl][Fe+][Cl].c1cc[cH-]c1. The normalized spacial score (nSPS) is 7.25. The van der Waals surface area contributed by atoms with Gasteiger partial charge in [-0.05, 0) is 0 Å². The second-order valence-electron chi connectivity index (χ2n) is 1.01. The Labute approximate surface area is 63.8 Å². The van der Waals surface area contributed by atoms with Gasteiger partial charge in [0.2, 0.25) is 0 Å². The fourth-order valence-corrected chi connectivity index (χ4v) is 0.321. The number of hydrogen-bond acceptors (Lipinski definition) is 0. The van der Waals surface area contributed by atoms with E-state index in [0.717, 1.165) is 0 Å². The molecule has 0 spiro atoms. The largest absolute Gasteiger partial charge is 0.214 e. The second kappa shape index (κ2) is 7.45. The van der Waals surface area contributed by atoms with Crippen molar-refractivity contribution in [1.29, 1.82) is 0 Å². The third-order valence-electron chi connectivity index (χ3n) is 0.556. The Morgan fingerprint density at radius 2 is 1.50 bits per heavy atom. The number of hydrogen-bond donors (Lipinski definition) is 0. The van der Waals surface area contributed by atoms with E-state index in [1.807, 2.05) is 30.3 Å². The molecule has 0 radical (unpaired) electrons. The molecule has 0 amide bonds. The van der Waals surface area contributed by atoms with Crippen molar-refractivity contribution in [3.8, 4) is 0 Å². The molecule has 0 saturated heterocycles. The van der Waals surface area contributed by atoms with Gasteiger partial charge < -0.3 is 0 Å². The Balaban J connectivity index is 0.000000145. The van der Waals surface area contributed by atoms with Crippen LogP contribution in [0.4, 0.5) is 0 Å². The van der Waals surface area contributed by atoms with Gasteiger partial charge >= 0.3 is 33.3 Å². The summed E-state index contributed by atoms with van der Waals surface area (Å²) in [5.41, 5.74) is 0. The molecule has 1 aromatic carbocycles. The standard InChI is InChI=1S/C5H5.2ClH.Fe/c1-2-4-5-3-1;;;/h1-5H;2*1H;/q-1;;;+3/p-2. The molecule has 0 aliphatic heterocycles. The van der Waals surface area contributed by atoms with Crippen molar-refractivity contribution in [2.24, 2.45) is 0 Å². The summed E-state index contributed by atoms with van der Waals surface area (Å²) >= 11 is 0.194. The average Bonchev–Trinajstić information content (AvgIpc) is 2.17. The first-order valence-corrected chi connectivity index (χ1v) is 4.97. The second-order valence-corrected chi connectivity index (χ2v) is 2.84. The summed E-state index contributed by atoms with van der Waals surface area (Å²) in [6.07, 6.45) is 0. The van der Waals surface area contributed by atoms with E-state index in [9.17, 15) is 0 Å². The maximum Gasteiger partial charge on any atom is -0.172 e. The van der Waals surface area contributed by atoms with Gasteiger partial charge in [-0.15, -0.1) is 0 Å². The number of rotatable bonds is 0. The average molecular weight is 192 g/mol. The van der Waals surface area contributed by atoms with Gasteiger partial charge in [0.25, 0.3) is 0 Å². The van der Waals surface area contributed by atoms with E-state index >= 15 is 0 Å². The van der Waals surface area contributed by atoms with Gasteiger partial charge in [0.05, 0.1) is 0 Å². The maximum atomic E-state index is 4.76. The van der Waals surface area contributed by atoms with Gasteiger partial charge in [0, 0.05) is 0 Å². The summed E-state index contributed by atoms with van der Waals surface area (Å²) in [6, 6.07) is 10.0. The van der Waals surface area contributed by atoms with Crippen LogP contribution in [0.15, 0.2) is 30.3 Å². The summed E-state index contributed by atoms with van der Waals surface area (Å²) in [7, 11) is 9.53. The third kappa shape index (κ3) is 6.45. The van der Waals surface area contributed by atoms with Crippen molar-refractivity contribution in [3.05, 3.63) is 30.3 Å². The Hall–Kier alpha value is 0.449. The molecule has 0 aliphatic rings. The monoisotopic (exact) mass is 191 g/mol. The third-order valence-corrected chi connectivity index (χ3v) is 0.556. The van der Waals surface area contributed by atoms with E-state index in [1.54, 1.807) is 0 Å². The van der Waals surface area contributed by atoms with Crippen LogP contribution < -0.4 is 0 Å². The van der Waals surface area contributed by atoms with E-state index in [4.69, 9.17) is 20.2 Å². The molecule has 8 heavy (non-hydrogen) atoms. The predicted octanol–water partition coefficient (Wildman–Crippen LogP) is 2.78. The fourth-order valence-electron chi connectivity index (χ4n) is 0.321. The van der Waals surface area contributed by atoms with Crippen LogP contribution in [0.3, 0.4) is 0 Å². The van der Waals surface area contributed by atoms with Gasteiger partial charge in [-0.2, -0.15) is 18.2 Å². The molecule has 0 aromatic heterocycles. The molecule has 0 fully saturated rings. The molecule has 0 nitrogen and oxygen atoms in total. The van der Waals surface area contributed by atoms with E-state index < -0.39 is 0 Å². The van der Waals surface area contributed by atoms with E-state index in [-0.39, 0.29) is 13.1 Å². The van der Waals surface area contributed by atoms with Crippen molar-refractivity contribution in [2.45, 2.75) is 0 Å². The van der Waals surface area contributed by atoms with E-state index in [1.165, 1.54) is 0 Å². The van der Waals surface area contributed by atoms with Crippen LogP contribution in [0.25, 0.3) is 0 Å².